The van der Waals surface area contributed by atoms with Gasteiger partial charge in [0.15, 0.2) is 0 Å². The van der Waals surface area contributed by atoms with Gasteiger partial charge in [0.25, 0.3) is 5.91 Å². The number of amides is 2. The Kier molecular flexibility index (Phi) is 8.74. The second-order valence-electron chi connectivity index (χ2n) is 11.2. The summed E-state index contributed by atoms with van der Waals surface area (Å²) in [5.41, 5.74) is 7.14. The third-order valence-electron chi connectivity index (χ3n) is 9.37. The van der Waals surface area contributed by atoms with Crippen molar-refractivity contribution in [3.05, 3.63) is 93.5 Å². The molecule has 0 aliphatic carbocycles. The quantitative estimate of drug-likeness (QED) is 0.354. The van der Waals surface area contributed by atoms with Crippen LogP contribution in [0.2, 0.25) is 10.0 Å². The molecule has 2 amide bonds. The maximum atomic E-state index is 14.2. The Labute approximate surface area is 257 Å². The van der Waals surface area contributed by atoms with Gasteiger partial charge in [0, 0.05) is 24.5 Å². The standard InChI is InChI=1S/C33H37Cl2N3O4/c1-4-37-17-15-32(31(36)40,22-9-6-5-7-10-22)20-28(37)33(23-13-14-24(34)25(35)19-23)16-18-38(21-33)30(39)29-26(41-2)11-8-12-27(29)42-3/h5-14,19,28H,4,15-18,20-21H2,1-3H3,(H2,36,40). The third-order valence-corrected chi connectivity index (χ3v) is 10.1. The molecule has 3 aromatic rings. The van der Waals surface area contributed by atoms with E-state index in [-0.39, 0.29) is 17.9 Å². The number of halogens is 2. The lowest BCUT2D eigenvalue weighted by Crippen LogP contribution is -2.61. The van der Waals surface area contributed by atoms with Gasteiger partial charge in [-0.05, 0) is 67.7 Å². The summed E-state index contributed by atoms with van der Waals surface area (Å²) in [5.74, 6) is 0.407. The van der Waals surface area contributed by atoms with Crippen molar-refractivity contribution < 1.29 is 19.1 Å². The molecular formula is C33H37Cl2N3O4. The van der Waals surface area contributed by atoms with Crippen molar-refractivity contribution >= 4 is 35.0 Å². The van der Waals surface area contributed by atoms with E-state index < -0.39 is 10.8 Å². The third kappa shape index (κ3) is 5.12. The van der Waals surface area contributed by atoms with Crippen molar-refractivity contribution in [1.82, 2.24) is 9.80 Å². The molecule has 9 heteroatoms. The first-order valence-electron chi connectivity index (χ1n) is 14.3. The molecule has 2 aliphatic heterocycles. The zero-order valence-corrected chi connectivity index (χ0v) is 25.8. The van der Waals surface area contributed by atoms with Crippen LogP contribution in [0.15, 0.2) is 66.7 Å². The largest absolute Gasteiger partial charge is 0.496 e. The highest BCUT2D eigenvalue weighted by Gasteiger charge is 2.55. The van der Waals surface area contributed by atoms with Crippen LogP contribution in [0.3, 0.4) is 0 Å². The minimum atomic E-state index is -0.843. The van der Waals surface area contributed by atoms with Crippen LogP contribution in [-0.4, -0.2) is 68.1 Å². The normalized spacial score (nSPS) is 24.4. The van der Waals surface area contributed by atoms with Gasteiger partial charge >= 0.3 is 0 Å². The molecule has 7 nitrogen and oxygen atoms in total. The fourth-order valence-corrected chi connectivity index (χ4v) is 7.39. The number of ether oxygens (including phenoxy) is 2. The lowest BCUT2D eigenvalue weighted by molar-refractivity contribution is -0.127. The highest BCUT2D eigenvalue weighted by atomic mass is 35.5. The summed E-state index contributed by atoms with van der Waals surface area (Å²) < 4.78 is 11.1. The average Bonchev–Trinajstić information content (AvgIpc) is 3.48. The first kappa shape index (κ1) is 30.2. The first-order valence-corrected chi connectivity index (χ1v) is 15.0. The van der Waals surface area contributed by atoms with Crippen LogP contribution >= 0.6 is 23.2 Å². The molecule has 3 aromatic carbocycles. The number of methoxy groups -OCH3 is 2. The van der Waals surface area contributed by atoms with Crippen molar-refractivity contribution in [2.24, 2.45) is 5.73 Å². The number of benzene rings is 3. The van der Waals surface area contributed by atoms with Gasteiger partial charge in [0.1, 0.15) is 17.1 Å². The Bertz CT molecular complexity index is 1450. The van der Waals surface area contributed by atoms with Crippen molar-refractivity contribution in [2.45, 2.75) is 43.1 Å². The number of hydrogen-bond acceptors (Lipinski definition) is 5. The minimum absolute atomic E-state index is 0.112. The van der Waals surface area contributed by atoms with Crippen molar-refractivity contribution in [3.63, 3.8) is 0 Å². The van der Waals surface area contributed by atoms with Crippen LogP contribution in [0.5, 0.6) is 11.5 Å². The predicted molar refractivity (Wildman–Crippen MR) is 166 cm³/mol. The molecule has 2 saturated heterocycles. The number of primary amides is 1. The van der Waals surface area contributed by atoms with Gasteiger partial charge in [-0.3, -0.25) is 14.5 Å². The predicted octanol–water partition coefficient (Wildman–Crippen LogP) is 5.70. The van der Waals surface area contributed by atoms with E-state index in [0.717, 1.165) is 17.7 Å². The second kappa shape index (κ2) is 12.2. The molecule has 3 atom stereocenters. The van der Waals surface area contributed by atoms with Crippen molar-refractivity contribution in [3.8, 4) is 11.5 Å². The number of likely N-dealkylation sites (N-methyl/N-ethyl adjacent to an activating group) is 1. The van der Waals surface area contributed by atoms with Gasteiger partial charge < -0.3 is 20.1 Å². The van der Waals surface area contributed by atoms with Crippen LogP contribution in [-0.2, 0) is 15.6 Å². The maximum Gasteiger partial charge on any atom is 0.261 e. The topological polar surface area (TPSA) is 85.1 Å². The highest BCUT2D eigenvalue weighted by molar-refractivity contribution is 6.42. The highest BCUT2D eigenvalue weighted by Crippen LogP contribution is 2.50. The lowest BCUT2D eigenvalue weighted by Gasteiger charge is -2.52. The van der Waals surface area contributed by atoms with E-state index >= 15 is 0 Å². The molecule has 0 spiro atoms. The molecule has 2 N–H and O–H groups in total. The Balaban J connectivity index is 1.63. The SMILES string of the molecule is CCN1CCC(C(N)=O)(c2ccccc2)CC1C1(c2ccc(Cl)c(Cl)c2)CCN(C(=O)c2c(OC)cccc2OC)C1. The molecule has 2 heterocycles. The summed E-state index contributed by atoms with van der Waals surface area (Å²) in [5, 5.41) is 0.916. The zero-order chi connectivity index (χ0) is 30.1. The van der Waals surface area contributed by atoms with E-state index in [1.807, 2.05) is 53.4 Å². The maximum absolute atomic E-state index is 14.2. The molecule has 0 radical (unpaired) electrons. The Morgan fingerprint density at radius 1 is 0.905 bits per heavy atom. The molecule has 0 aromatic heterocycles. The number of rotatable bonds is 8. The van der Waals surface area contributed by atoms with Gasteiger partial charge in [-0.25, -0.2) is 0 Å². The number of likely N-dealkylation sites (tertiary alicyclic amines) is 2. The molecule has 0 bridgehead atoms. The molecule has 3 unspecified atom stereocenters. The van der Waals surface area contributed by atoms with Crippen LogP contribution < -0.4 is 15.2 Å². The smallest absolute Gasteiger partial charge is 0.261 e. The van der Waals surface area contributed by atoms with E-state index in [1.54, 1.807) is 32.4 Å². The summed E-state index contributed by atoms with van der Waals surface area (Å²) in [7, 11) is 3.09. The molecule has 42 heavy (non-hydrogen) atoms. The minimum Gasteiger partial charge on any atom is -0.496 e. The molecule has 2 fully saturated rings. The first-order chi connectivity index (χ1) is 20.2. The summed E-state index contributed by atoms with van der Waals surface area (Å²) in [6.45, 7) is 4.52. The van der Waals surface area contributed by atoms with E-state index in [0.29, 0.717) is 66.0 Å². The zero-order valence-electron chi connectivity index (χ0n) is 24.2. The number of nitrogens with zero attached hydrogens (tertiary/aromatic N) is 2. The fourth-order valence-electron chi connectivity index (χ4n) is 7.09. The number of piperidine rings is 1. The van der Waals surface area contributed by atoms with Crippen LogP contribution in [0.4, 0.5) is 0 Å². The van der Waals surface area contributed by atoms with E-state index in [4.69, 9.17) is 38.4 Å². The van der Waals surface area contributed by atoms with Crippen LogP contribution in [0.1, 0.15) is 47.7 Å². The van der Waals surface area contributed by atoms with E-state index in [2.05, 4.69) is 11.8 Å². The summed E-state index contributed by atoms with van der Waals surface area (Å²) in [6.07, 6.45) is 1.80. The summed E-state index contributed by atoms with van der Waals surface area (Å²) in [6, 6.07) is 20.8. The monoisotopic (exact) mass is 609 g/mol. The number of nitrogens with two attached hydrogens (primary N) is 1. The van der Waals surface area contributed by atoms with E-state index in [9.17, 15) is 9.59 Å². The average molecular weight is 611 g/mol. The van der Waals surface area contributed by atoms with Crippen LogP contribution in [0.25, 0.3) is 0 Å². The van der Waals surface area contributed by atoms with Gasteiger partial charge in [-0.15, -0.1) is 0 Å². The Morgan fingerprint density at radius 2 is 1.60 bits per heavy atom. The van der Waals surface area contributed by atoms with Gasteiger partial charge in [-0.1, -0.05) is 72.6 Å². The fraction of sp³-hybridized carbons (Fsp3) is 0.394. The second-order valence-corrected chi connectivity index (χ2v) is 12.0. The molecular weight excluding hydrogens is 573 g/mol. The molecule has 222 valence electrons. The van der Waals surface area contributed by atoms with Crippen LogP contribution in [0, 0.1) is 0 Å². The molecule has 0 saturated carbocycles. The number of carbonyl (C=O) groups is 2. The van der Waals surface area contributed by atoms with Crippen molar-refractivity contribution in [1.29, 1.82) is 0 Å². The number of carbonyl (C=O) groups excluding carboxylic acids is 2. The molecule has 5 rings (SSSR count). The van der Waals surface area contributed by atoms with E-state index in [1.165, 1.54) is 0 Å². The van der Waals surface area contributed by atoms with Crippen molar-refractivity contribution in [2.75, 3.05) is 40.4 Å². The Hall–Kier alpha value is -3.26. The van der Waals surface area contributed by atoms with Gasteiger partial charge in [0.2, 0.25) is 5.91 Å². The Morgan fingerprint density at radius 3 is 2.19 bits per heavy atom. The van der Waals surface area contributed by atoms with Gasteiger partial charge in [-0.2, -0.15) is 0 Å². The lowest BCUT2D eigenvalue weighted by atomic mass is 9.61. The molecule has 2 aliphatic rings. The van der Waals surface area contributed by atoms with Gasteiger partial charge in [0.05, 0.1) is 29.7 Å². The number of hydrogen-bond donors (Lipinski definition) is 1. The summed E-state index contributed by atoms with van der Waals surface area (Å²) >= 11 is 13.0. The summed E-state index contributed by atoms with van der Waals surface area (Å²) in [4.78, 5) is 31.8.